The number of ether oxygens (including phenoxy) is 6. The van der Waals surface area contributed by atoms with Crippen LogP contribution in [-0.4, -0.2) is 163 Å². The van der Waals surface area contributed by atoms with E-state index in [2.05, 4.69) is 53.5 Å². The first-order chi connectivity index (χ1) is 48.4. The number of ketones is 3. The van der Waals surface area contributed by atoms with E-state index in [0.29, 0.717) is 75.2 Å². The fourth-order valence-corrected chi connectivity index (χ4v) is 18.0. The average molecular weight is 1560 g/mol. The lowest BCUT2D eigenvalue weighted by Gasteiger charge is -2.30. The molecule has 0 bridgehead atoms. The molecule has 6 aromatic carbocycles. The molecule has 25 nitrogen and oxygen atoms in total. The van der Waals surface area contributed by atoms with Crippen LogP contribution in [-0.2, 0) is 117 Å². The molecule has 0 aliphatic carbocycles. The number of benzene rings is 6. The van der Waals surface area contributed by atoms with E-state index in [1.165, 1.54) is 65.4 Å². The zero-order valence-corrected chi connectivity index (χ0v) is 68.6. The molecule has 3 unspecified atom stereocenters. The van der Waals surface area contributed by atoms with E-state index in [1.807, 2.05) is 89.2 Å². The van der Waals surface area contributed by atoms with Gasteiger partial charge in [0.1, 0.15) is 46.0 Å². The normalized spacial score (nSPS) is 13.0. The largest absolute Gasteiger partial charge is 0.495 e. The maximum absolute atomic E-state index is 12.3. The van der Waals surface area contributed by atoms with E-state index in [0.717, 1.165) is 77.5 Å². The first-order valence-electron chi connectivity index (χ1n) is 33.4. The topological polar surface area (TPSA) is 346 Å². The van der Waals surface area contributed by atoms with Crippen molar-refractivity contribution in [2.75, 3.05) is 99.2 Å². The Morgan fingerprint density at radius 2 is 0.714 bits per heavy atom. The SMILES string of the molecule is CC(=O)Cc1cccc(CC(C)(C)N)c1.CCC(OC)c1ccc(OC)c(N(S(C)(=O)=O)S(C)(=O)=O)c1.COc1ccc(C(CNC(C)(C)Cc2cccc(CC(C)=O)c2)OC)cc1N(S(C)(=O)=O)S(C)(=O)=O.COc1ccc(C(CNC(C)(C)Cc2cccc(CC(C)=O)c2)OC)cc1NS(C)(=O)=O. The predicted molar refractivity (Wildman–Crippen MR) is 417 cm³/mol. The number of nitrogens with zero attached hydrogens (tertiary/aromatic N) is 2. The highest BCUT2D eigenvalue weighted by atomic mass is 32.3. The van der Waals surface area contributed by atoms with Gasteiger partial charge in [0.15, 0.2) is 0 Å². The maximum atomic E-state index is 12.3. The third-order valence-corrected chi connectivity index (χ3v) is 22.7. The van der Waals surface area contributed by atoms with Gasteiger partial charge >= 0.3 is 0 Å². The lowest BCUT2D eigenvalue weighted by molar-refractivity contribution is -0.117. The minimum absolute atomic E-state index is 0.0551. The van der Waals surface area contributed by atoms with Crippen molar-refractivity contribution in [3.8, 4) is 17.2 Å². The van der Waals surface area contributed by atoms with Crippen LogP contribution in [0, 0.1) is 0 Å². The second kappa shape index (κ2) is 40.0. The number of rotatable bonds is 36. The van der Waals surface area contributed by atoms with Crippen LogP contribution in [0.15, 0.2) is 127 Å². The summed E-state index contributed by atoms with van der Waals surface area (Å²) in [4.78, 5) is 33.9. The summed E-state index contributed by atoms with van der Waals surface area (Å²) in [5.74, 6) is 1.13. The number of hydrogen-bond acceptors (Lipinski definition) is 22. The van der Waals surface area contributed by atoms with Crippen molar-refractivity contribution < 1.29 is 84.9 Å². The van der Waals surface area contributed by atoms with Crippen molar-refractivity contribution in [1.82, 2.24) is 10.6 Å². The van der Waals surface area contributed by atoms with E-state index >= 15 is 0 Å². The zero-order chi connectivity index (χ0) is 79.9. The molecule has 0 saturated heterocycles. The minimum Gasteiger partial charge on any atom is -0.495 e. The molecule has 0 spiro atoms. The molecule has 0 amide bonds. The van der Waals surface area contributed by atoms with Crippen molar-refractivity contribution in [3.63, 3.8) is 0 Å². The number of nitrogens with two attached hydrogens (primary N) is 1. The van der Waals surface area contributed by atoms with Crippen molar-refractivity contribution in [2.45, 2.75) is 149 Å². The Kier molecular flexibility index (Phi) is 35.0. The second-order valence-corrected chi connectivity index (χ2v) is 37.4. The number of hydrogen-bond donors (Lipinski definition) is 4. The van der Waals surface area contributed by atoms with Crippen LogP contribution in [0.5, 0.6) is 17.2 Å². The molecule has 0 radical (unpaired) electrons. The predicted octanol–water partition coefficient (Wildman–Crippen LogP) is 9.96. The molecule has 0 saturated carbocycles. The lowest BCUT2D eigenvalue weighted by atomic mass is 9.93. The molecule has 584 valence electrons. The van der Waals surface area contributed by atoms with Crippen LogP contribution in [0.1, 0.15) is 144 Å². The number of nitrogens with one attached hydrogen (secondary N) is 3. The molecule has 0 aromatic heterocycles. The Bertz CT molecular complexity index is 4420. The first kappa shape index (κ1) is 91.8. The van der Waals surface area contributed by atoms with Gasteiger partial charge in [-0.1, -0.05) is 97.9 Å². The molecule has 30 heteroatoms. The molecular formula is C75H110N6O19S5. The third kappa shape index (κ3) is 32.3. The molecule has 0 fully saturated rings. The van der Waals surface area contributed by atoms with Gasteiger partial charge in [-0.05, 0) is 174 Å². The van der Waals surface area contributed by atoms with Gasteiger partial charge in [-0.3, -0.25) is 19.1 Å². The summed E-state index contributed by atoms with van der Waals surface area (Å²) in [6, 6.07) is 38.8. The minimum atomic E-state index is -4.15. The Balaban J connectivity index is 0.000000380. The molecule has 0 aliphatic rings. The lowest BCUT2D eigenvalue weighted by Crippen LogP contribution is -2.43. The summed E-state index contributed by atoms with van der Waals surface area (Å²) < 4.78 is 156. The summed E-state index contributed by atoms with van der Waals surface area (Å²) in [7, 11) is -11.0. The Morgan fingerprint density at radius 1 is 0.419 bits per heavy atom. The molecule has 6 aromatic rings. The summed E-state index contributed by atoms with van der Waals surface area (Å²) in [5, 5.41) is 7.03. The highest BCUT2D eigenvalue weighted by Gasteiger charge is 2.33. The van der Waals surface area contributed by atoms with Crippen molar-refractivity contribution in [2.24, 2.45) is 5.73 Å². The van der Waals surface area contributed by atoms with Gasteiger partial charge in [-0.15, -0.1) is 0 Å². The Labute approximate surface area is 624 Å². The van der Waals surface area contributed by atoms with Crippen molar-refractivity contribution in [1.29, 1.82) is 0 Å². The molecular weight excluding hydrogens is 1450 g/mol. The number of carbonyl (C=O) groups is 3. The van der Waals surface area contributed by atoms with Crippen LogP contribution in [0.3, 0.4) is 0 Å². The second-order valence-electron chi connectivity index (χ2n) is 27.9. The van der Waals surface area contributed by atoms with Gasteiger partial charge < -0.3 is 44.8 Å². The summed E-state index contributed by atoms with van der Waals surface area (Å²) >= 11 is 0. The van der Waals surface area contributed by atoms with Crippen LogP contribution in [0.2, 0.25) is 0 Å². The molecule has 6 rings (SSSR count). The van der Waals surface area contributed by atoms with Gasteiger partial charge in [0.25, 0.3) is 0 Å². The fraction of sp³-hybridized carbons (Fsp3) is 0.480. The highest BCUT2D eigenvalue weighted by molar-refractivity contribution is 8.10. The third-order valence-electron chi connectivity index (χ3n) is 15.7. The van der Waals surface area contributed by atoms with Crippen molar-refractivity contribution >= 4 is 84.5 Å². The summed E-state index contributed by atoms with van der Waals surface area (Å²) in [6.45, 7) is 19.9. The van der Waals surface area contributed by atoms with Gasteiger partial charge in [0, 0.05) is 70.3 Å². The number of sulfonamides is 5. The molecule has 0 heterocycles. The van der Waals surface area contributed by atoms with Gasteiger partial charge in [0.2, 0.25) is 50.1 Å². The molecule has 5 N–H and O–H groups in total. The summed E-state index contributed by atoms with van der Waals surface area (Å²) in [5.41, 5.74) is 14.0. The molecule has 3 atom stereocenters. The number of carbonyl (C=O) groups excluding carboxylic acids is 3. The summed E-state index contributed by atoms with van der Waals surface area (Å²) in [6.07, 6.45) is 7.64. The Morgan fingerprint density at radius 3 is 0.990 bits per heavy atom. The molecule has 105 heavy (non-hydrogen) atoms. The van der Waals surface area contributed by atoms with Crippen LogP contribution >= 0.6 is 0 Å². The van der Waals surface area contributed by atoms with E-state index in [-0.39, 0.29) is 69.0 Å². The average Bonchev–Trinajstić information content (AvgIpc) is 0.782. The van der Waals surface area contributed by atoms with E-state index in [4.69, 9.17) is 34.2 Å². The zero-order valence-electron chi connectivity index (χ0n) is 64.5. The standard InChI is InChI=1S/C25H36N2O7S2.C24H34N2O5S.C13H21NO6S2.C13H19NO/c1-18(28)13-19-9-8-10-20(14-19)16-25(2,3)26-17-24(34-5)21-11-12-23(33-4)22(15-21)27(35(6,29)30)36(7,31)32;1-17(27)12-18-8-7-9-19(13-18)15-24(2,3)25-16-23(31-5)20-10-11-22(30-4)21(14-20)26-32(6,28)29;1-6-12(19-2)10-7-8-13(20-3)11(9-10)14(21(4,15)16)22(5,17)18;1-10(15)7-11-5-4-6-12(8-11)9-13(2,3)14/h8-12,14-15,24,26H,13,16-17H2,1-7H3;7-11,13-14,23,25-26H,12,15-16H2,1-6H3;7-9,12H,6H2,1-5H3;4-6,8H,7,9,14H2,1-3H3. The van der Waals surface area contributed by atoms with Crippen LogP contribution in [0.25, 0.3) is 0 Å². The van der Waals surface area contributed by atoms with Gasteiger partial charge in [-0.25, -0.2) is 42.1 Å². The van der Waals surface area contributed by atoms with E-state index < -0.39 is 56.2 Å². The monoisotopic (exact) mass is 1560 g/mol. The van der Waals surface area contributed by atoms with E-state index in [9.17, 15) is 56.5 Å². The highest BCUT2D eigenvalue weighted by Crippen LogP contribution is 2.38. The van der Waals surface area contributed by atoms with Crippen molar-refractivity contribution in [3.05, 3.63) is 177 Å². The maximum Gasteiger partial charge on any atom is 0.245 e. The quantitative estimate of drug-likeness (QED) is 0.0284. The molecule has 0 aliphatic heterocycles. The number of Topliss-reactive ketones (excluding diaryl/α,β-unsaturated/α-hetero) is 3. The number of methoxy groups -OCH3 is 6. The van der Waals surface area contributed by atoms with E-state index in [1.54, 1.807) is 52.1 Å². The first-order valence-corrected chi connectivity index (χ1v) is 42.7. The fourth-order valence-electron chi connectivity index (χ4n) is 11.5. The van der Waals surface area contributed by atoms with Crippen LogP contribution < -0.4 is 42.7 Å². The van der Waals surface area contributed by atoms with Crippen LogP contribution in [0.4, 0.5) is 17.1 Å². The Hall–Kier alpha value is -7.36. The van der Waals surface area contributed by atoms with Gasteiger partial charge in [-0.2, -0.15) is 7.42 Å². The van der Waals surface area contributed by atoms with Gasteiger partial charge in [0.05, 0.1) is 76.6 Å². The smallest absolute Gasteiger partial charge is 0.245 e. The number of anilines is 3.